The van der Waals surface area contributed by atoms with E-state index in [-0.39, 0.29) is 41.6 Å². The Morgan fingerprint density at radius 3 is 1.90 bits per heavy atom. The summed E-state index contributed by atoms with van der Waals surface area (Å²) in [5.41, 5.74) is 13.0. The summed E-state index contributed by atoms with van der Waals surface area (Å²) in [4.78, 5) is 15.7. The molecule has 0 spiro atoms. The molecule has 0 fully saturated rings. The fourth-order valence-corrected chi connectivity index (χ4v) is 5.10. The number of rotatable bonds is 11. The number of hydrogen-bond donors (Lipinski definition) is 4. The first-order valence-corrected chi connectivity index (χ1v) is 11.7. The van der Waals surface area contributed by atoms with Gasteiger partial charge in [0, 0.05) is 6.54 Å². The number of nitrogens with zero attached hydrogens (tertiary/aromatic N) is 1. The minimum atomic E-state index is -4.07. The lowest BCUT2D eigenvalue weighted by molar-refractivity contribution is -0.139. The first-order valence-electron chi connectivity index (χ1n) is 10.3. The lowest BCUT2D eigenvalue weighted by Gasteiger charge is -2.24. The van der Waals surface area contributed by atoms with E-state index < -0.39 is 22.0 Å². The van der Waals surface area contributed by atoms with Crippen LogP contribution in [0, 0.1) is 0 Å². The van der Waals surface area contributed by atoms with Crippen LogP contribution in [0.1, 0.15) is 88.8 Å². The number of guanidine groups is 1. The molecule has 0 unspecified atom stereocenters. The second-order valence-corrected chi connectivity index (χ2v) is 10.1. The Kier molecular flexibility index (Phi) is 9.30. The molecule has 0 aromatic heterocycles. The number of hydrogen-bond acceptors (Lipinski definition) is 4. The molecule has 0 aliphatic rings. The third-order valence-electron chi connectivity index (χ3n) is 4.89. The summed E-state index contributed by atoms with van der Waals surface area (Å²) in [6.07, 6.45) is 0.404. The van der Waals surface area contributed by atoms with Gasteiger partial charge in [-0.05, 0) is 47.3 Å². The van der Waals surface area contributed by atoms with Crippen molar-refractivity contribution < 1.29 is 18.3 Å². The Morgan fingerprint density at radius 1 is 1.03 bits per heavy atom. The molecule has 1 aromatic rings. The lowest BCUT2D eigenvalue weighted by Crippen LogP contribution is -2.41. The summed E-state index contributed by atoms with van der Waals surface area (Å²) in [6.45, 7) is 12.1. The maximum atomic E-state index is 13.4. The first-order chi connectivity index (χ1) is 13.8. The minimum Gasteiger partial charge on any atom is -0.480 e. The van der Waals surface area contributed by atoms with E-state index in [2.05, 4.69) is 23.6 Å². The second kappa shape index (κ2) is 10.8. The number of benzene rings is 1. The van der Waals surface area contributed by atoms with Crippen molar-refractivity contribution in [3.63, 3.8) is 0 Å². The summed E-state index contributed by atoms with van der Waals surface area (Å²) in [6, 6.07) is 2.57. The maximum absolute atomic E-state index is 13.4. The number of carbonyl (C=O) groups is 1. The Bertz CT molecular complexity index is 844. The molecule has 0 aliphatic heterocycles. The van der Waals surface area contributed by atoms with Crippen LogP contribution in [0.4, 0.5) is 0 Å². The first kappa shape index (κ1) is 25.9. The van der Waals surface area contributed by atoms with Crippen LogP contribution in [0.25, 0.3) is 0 Å². The molecule has 0 aliphatic carbocycles. The molecule has 8 nitrogen and oxygen atoms in total. The van der Waals surface area contributed by atoms with Crippen molar-refractivity contribution in [1.29, 1.82) is 0 Å². The predicted octanol–water partition coefficient (Wildman–Crippen LogP) is 2.84. The largest absolute Gasteiger partial charge is 0.480 e. The average molecular weight is 441 g/mol. The van der Waals surface area contributed by atoms with Crippen LogP contribution >= 0.6 is 0 Å². The van der Waals surface area contributed by atoms with E-state index >= 15 is 0 Å². The van der Waals surface area contributed by atoms with Crippen molar-refractivity contribution in [2.45, 2.75) is 83.1 Å². The third kappa shape index (κ3) is 6.98. The molecule has 1 rings (SSSR count). The van der Waals surface area contributed by atoms with E-state index in [9.17, 15) is 18.3 Å². The lowest BCUT2D eigenvalue weighted by atomic mass is 9.89. The quantitative estimate of drug-likeness (QED) is 0.236. The van der Waals surface area contributed by atoms with E-state index in [1.165, 1.54) is 0 Å². The number of carboxylic acid groups (broad SMARTS) is 1. The van der Waals surface area contributed by atoms with Crippen LogP contribution < -0.4 is 16.2 Å². The number of nitrogens with one attached hydrogen (secondary N) is 1. The highest BCUT2D eigenvalue weighted by Gasteiger charge is 2.31. The molecule has 0 amide bonds. The van der Waals surface area contributed by atoms with Gasteiger partial charge >= 0.3 is 5.97 Å². The van der Waals surface area contributed by atoms with E-state index in [4.69, 9.17) is 11.5 Å². The molecule has 1 atom stereocenters. The van der Waals surface area contributed by atoms with Crippen LogP contribution in [0.5, 0.6) is 0 Å². The molecule has 1 aromatic carbocycles. The summed E-state index contributed by atoms with van der Waals surface area (Å²) >= 11 is 0. The third-order valence-corrected chi connectivity index (χ3v) is 6.49. The van der Waals surface area contributed by atoms with Gasteiger partial charge in [-0.15, -0.1) is 0 Å². The van der Waals surface area contributed by atoms with Gasteiger partial charge in [0.05, 0.1) is 4.90 Å². The van der Waals surface area contributed by atoms with Crippen molar-refractivity contribution in [3.8, 4) is 0 Å². The monoisotopic (exact) mass is 440 g/mol. The molecule has 0 saturated heterocycles. The zero-order valence-corrected chi connectivity index (χ0v) is 19.6. The van der Waals surface area contributed by atoms with Crippen molar-refractivity contribution in [2.75, 3.05) is 6.54 Å². The zero-order valence-electron chi connectivity index (χ0n) is 18.8. The molecular formula is C21H36N4O4S. The van der Waals surface area contributed by atoms with Gasteiger partial charge in [-0.1, -0.05) is 53.7 Å². The molecule has 0 bridgehead atoms. The topological polar surface area (TPSA) is 148 Å². The van der Waals surface area contributed by atoms with E-state index in [1.54, 1.807) is 0 Å². The van der Waals surface area contributed by atoms with Gasteiger partial charge in [-0.25, -0.2) is 8.42 Å². The van der Waals surface area contributed by atoms with E-state index in [0.29, 0.717) is 17.5 Å². The molecule has 0 saturated carbocycles. The van der Waals surface area contributed by atoms with Gasteiger partial charge in [0.15, 0.2) is 5.96 Å². The van der Waals surface area contributed by atoms with Crippen LogP contribution in [0.15, 0.2) is 22.0 Å². The molecular weight excluding hydrogens is 404 g/mol. The highest BCUT2D eigenvalue weighted by atomic mass is 32.2. The highest BCUT2D eigenvalue weighted by molar-refractivity contribution is 7.89. The molecule has 0 heterocycles. The van der Waals surface area contributed by atoms with Crippen LogP contribution in [-0.4, -0.2) is 38.0 Å². The smallest absolute Gasteiger partial charge is 0.321 e. The number of carboxylic acids is 1. The Labute approximate surface area is 180 Å². The average Bonchev–Trinajstić information content (AvgIpc) is 2.62. The zero-order chi connectivity index (χ0) is 23.2. The number of aliphatic imine (C=N–C) groups is 1. The van der Waals surface area contributed by atoms with E-state index in [0.717, 1.165) is 5.56 Å². The minimum absolute atomic E-state index is 0.0436. The molecule has 30 heavy (non-hydrogen) atoms. The molecule has 6 N–H and O–H groups in total. The SMILES string of the molecule is CC(C)c1cc(C(C)C)c(S(=O)(=O)N[C@@H](CCCN=C(N)N)C(=O)O)c(C(C)C)c1. The number of sulfonamides is 1. The standard InChI is InChI=1S/C21H36N4O4S/c1-12(2)15-10-16(13(3)4)19(17(11-15)14(5)6)30(28,29)25-18(20(26)27)8-7-9-24-21(22)23/h10-14,18,25H,7-9H2,1-6H3,(H,26,27)(H4,22,23,24)/t18-/m0/s1. The van der Waals surface area contributed by atoms with Gasteiger partial charge in [-0.3, -0.25) is 9.79 Å². The number of nitrogens with two attached hydrogens (primary N) is 2. The second-order valence-electron chi connectivity index (χ2n) is 8.45. The maximum Gasteiger partial charge on any atom is 0.321 e. The Morgan fingerprint density at radius 2 is 1.53 bits per heavy atom. The van der Waals surface area contributed by atoms with Crippen LogP contribution in [-0.2, 0) is 14.8 Å². The van der Waals surface area contributed by atoms with Crippen LogP contribution in [0.3, 0.4) is 0 Å². The molecule has 0 radical (unpaired) electrons. The van der Waals surface area contributed by atoms with Crippen LogP contribution in [0.2, 0.25) is 0 Å². The van der Waals surface area contributed by atoms with Gasteiger partial charge < -0.3 is 16.6 Å². The van der Waals surface area contributed by atoms with Crippen molar-refractivity contribution in [1.82, 2.24) is 4.72 Å². The summed E-state index contributed by atoms with van der Waals surface area (Å²) < 4.78 is 29.2. The van der Waals surface area contributed by atoms with Crippen molar-refractivity contribution >= 4 is 22.0 Å². The van der Waals surface area contributed by atoms with Gasteiger partial charge in [-0.2, -0.15) is 4.72 Å². The summed E-state index contributed by atoms with van der Waals surface area (Å²) in [5, 5.41) is 9.55. The fourth-order valence-electron chi connectivity index (χ4n) is 3.18. The fraction of sp³-hybridized carbons (Fsp3) is 0.619. The Hall–Kier alpha value is -2.13. The van der Waals surface area contributed by atoms with Crippen molar-refractivity contribution in [3.05, 3.63) is 28.8 Å². The summed E-state index contributed by atoms with van der Waals surface area (Å²) in [5.74, 6) is -1.17. The summed E-state index contributed by atoms with van der Waals surface area (Å²) in [7, 11) is -4.07. The predicted molar refractivity (Wildman–Crippen MR) is 120 cm³/mol. The van der Waals surface area contributed by atoms with Gasteiger partial charge in [0.25, 0.3) is 0 Å². The number of aliphatic carboxylic acids is 1. The Balaban J connectivity index is 3.41. The molecule has 170 valence electrons. The van der Waals surface area contributed by atoms with Crippen molar-refractivity contribution in [2.24, 2.45) is 16.5 Å². The normalized spacial score (nSPS) is 13.1. The highest BCUT2D eigenvalue weighted by Crippen LogP contribution is 2.35. The van der Waals surface area contributed by atoms with E-state index in [1.807, 2.05) is 39.8 Å². The van der Waals surface area contributed by atoms with Gasteiger partial charge in [0.1, 0.15) is 6.04 Å². The van der Waals surface area contributed by atoms with Gasteiger partial charge in [0.2, 0.25) is 10.0 Å². The molecule has 9 heteroatoms.